The molecule has 2 rings (SSSR count). The molecule has 4 nitrogen and oxygen atoms in total. The van der Waals surface area contributed by atoms with Gasteiger partial charge in [-0.25, -0.2) is 13.1 Å². The van der Waals surface area contributed by atoms with Crippen molar-refractivity contribution in [1.29, 1.82) is 0 Å². The highest BCUT2D eigenvalue weighted by molar-refractivity contribution is 9.11. The first-order valence-corrected chi connectivity index (χ1v) is 9.18. The number of nitrogens with one attached hydrogen (secondary N) is 1. The molecule has 0 amide bonds. The Labute approximate surface area is 140 Å². The van der Waals surface area contributed by atoms with Crippen LogP contribution >= 0.6 is 31.9 Å². The summed E-state index contributed by atoms with van der Waals surface area (Å²) in [5.74, 6) is 0.710. The van der Waals surface area contributed by atoms with E-state index in [0.717, 1.165) is 4.47 Å². The van der Waals surface area contributed by atoms with Crippen LogP contribution in [0.1, 0.15) is 0 Å². The fraction of sp³-hybridized carbons (Fsp3) is 0.143. The Hall–Kier alpha value is -0.890. The summed E-state index contributed by atoms with van der Waals surface area (Å²) in [6.07, 6.45) is 0. The summed E-state index contributed by atoms with van der Waals surface area (Å²) in [4.78, 5) is 0.199. The Kier molecular flexibility index (Phi) is 5.80. The van der Waals surface area contributed by atoms with Crippen LogP contribution in [0.2, 0.25) is 0 Å². The van der Waals surface area contributed by atoms with Gasteiger partial charge in [-0.15, -0.1) is 0 Å². The number of rotatable bonds is 6. The molecule has 0 aliphatic rings. The maximum atomic E-state index is 12.2. The van der Waals surface area contributed by atoms with Crippen molar-refractivity contribution in [3.8, 4) is 5.75 Å². The lowest BCUT2D eigenvalue weighted by Crippen LogP contribution is -2.28. The molecule has 7 heteroatoms. The Bertz CT molecular complexity index is 705. The molecule has 0 aliphatic heterocycles. The van der Waals surface area contributed by atoms with Crippen molar-refractivity contribution in [1.82, 2.24) is 4.72 Å². The van der Waals surface area contributed by atoms with Crippen LogP contribution in [0.5, 0.6) is 5.75 Å². The van der Waals surface area contributed by atoms with E-state index in [1.54, 1.807) is 12.1 Å². The van der Waals surface area contributed by atoms with Crippen LogP contribution in [0.3, 0.4) is 0 Å². The molecule has 0 aliphatic carbocycles. The third-order valence-corrected chi connectivity index (χ3v) is 5.52. The molecule has 2 aromatic rings. The molecule has 0 heterocycles. The van der Waals surface area contributed by atoms with Crippen molar-refractivity contribution in [3.05, 3.63) is 57.5 Å². The van der Waals surface area contributed by atoms with Gasteiger partial charge in [0.05, 0.1) is 4.90 Å². The van der Waals surface area contributed by atoms with E-state index in [2.05, 4.69) is 36.6 Å². The average Bonchev–Trinajstić information content (AvgIpc) is 2.44. The molecular weight excluding hydrogens is 422 g/mol. The smallest absolute Gasteiger partial charge is 0.241 e. The number of ether oxygens (including phenoxy) is 1. The number of benzene rings is 2. The number of para-hydroxylation sites is 1. The maximum Gasteiger partial charge on any atom is 0.241 e. The first-order valence-electron chi connectivity index (χ1n) is 6.11. The monoisotopic (exact) mass is 433 g/mol. The minimum Gasteiger partial charge on any atom is -0.492 e. The predicted octanol–water partition coefficient (Wildman–Crippen LogP) is 3.57. The van der Waals surface area contributed by atoms with Gasteiger partial charge in [0, 0.05) is 15.5 Å². The fourth-order valence-electron chi connectivity index (χ4n) is 1.63. The molecule has 21 heavy (non-hydrogen) atoms. The van der Waals surface area contributed by atoms with Gasteiger partial charge < -0.3 is 4.74 Å². The van der Waals surface area contributed by atoms with Crippen molar-refractivity contribution in [2.75, 3.05) is 13.2 Å². The van der Waals surface area contributed by atoms with Gasteiger partial charge >= 0.3 is 0 Å². The van der Waals surface area contributed by atoms with Gasteiger partial charge in [0.25, 0.3) is 0 Å². The van der Waals surface area contributed by atoms with E-state index in [9.17, 15) is 8.42 Å². The third-order valence-electron chi connectivity index (χ3n) is 2.59. The van der Waals surface area contributed by atoms with Crippen LogP contribution < -0.4 is 9.46 Å². The van der Waals surface area contributed by atoms with Crippen molar-refractivity contribution in [2.24, 2.45) is 0 Å². The molecule has 2 aromatic carbocycles. The Balaban J connectivity index is 1.92. The van der Waals surface area contributed by atoms with E-state index in [-0.39, 0.29) is 18.0 Å². The normalized spacial score (nSPS) is 11.3. The van der Waals surface area contributed by atoms with Gasteiger partial charge in [0.2, 0.25) is 10.0 Å². The topological polar surface area (TPSA) is 55.4 Å². The standard InChI is InChI=1S/C14H13Br2NO3S/c15-11-6-7-14(13(16)10-11)21(18,19)17-8-9-20-12-4-2-1-3-5-12/h1-7,10,17H,8-9H2. The lowest BCUT2D eigenvalue weighted by atomic mass is 10.3. The lowest BCUT2D eigenvalue weighted by Gasteiger charge is -2.10. The summed E-state index contributed by atoms with van der Waals surface area (Å²) in [6.45, 7) is 0.455. The number of sulfonamides is 1. The molecule has 1 N–H and O–H groups in total. The average molecular weight is 435 g/mol. The maximum absolute atomic E-state index is 12.2. The number of halogens is 2. The molecule has 0 aromatic heterocycles. The molecular formula is C14H13Br2NO3S. The quantitative estimate of drug-likeness (QED) is 0.707. The number of hydrogen-bond donors (Lipinski definition) is 1. The Morgan fingerprint density at radius 3 is 2.43 bits per heavy atom. The van der Waals surface area contributed by atoms with Crippen LogP contribution in [-0.2, 0) is 10.0 Å². The summed E-state index contributed by atoms with van der Waals surface area (Å²) in [5.41, 5.74) is 0. The van der Waals surface area contributed by atoms with Crippen molar-refractivity contribution in [2.45, 2.75) is 4.90 Å². The second kappa shape index (κ2) is 7.40. The van der Waals surface area contributed by atoms with Gasteiger partial charge in [0.1, 0.15) is 12.4 Å². The summed E-state index contributed by atoms with van der Waals surface area (Å²) in [5, 5.41) is 0. The van der Waals surface area contributed by atoms with E-state index in [4.69, 9.17) is 4.74 Å². The molecule has 0 saturated carbocycles. The van der Waals surface area contributed by atoms with Crippen molar-refractivity contribution < 1.29 is 13.2 Å². The van der Waals surface area contributed by atoms with E-state index < -0.39 is 10.0 Å². The largest absolute Gasteiger partial charge is 0.492 e. The van der Waals surface area contributed by atoms with Crippen LogP contribution in [0.4, 0.5) is 0 Å². The van der Waals surface area contributed by atoms with Gasteiger partial charge in [-0.05, 0) is 46.3 Å². The predicted molar refractivity (Wildman–Crippen MR) is 89.0 cm³/mol. The lowest BCUT2D eigenvalue weighted by molar-refractivity contribution is 0.323. The summed E-state index contributed by atoms with van der Waals surface area (Å²) >= 11 is 6.54. The minimum atomic E-state index is -3.56. The van der Waals surface area contributed by atoms with Crippen LogP contribution in [0.15, 0.2) is 62.4 Å². The van der Waals surface area contributed by atoms with Crippen molar-refractivity contribution in [3.63, 3.8) is 0 Å². The Morgan fingerprint density at radius 1 is 1.05 bits per heavy atom. The fourth-order valence-corrected chi connectivity index (χ4v) is 4.39. The first kappa shape index (κ1) is 16.5. The van der Waals surface area contributed by atoms with Gasteiger partial charge in [-0.1, -0.05) is 34.1 Å². The number of hydrogen-bond acceptors (Lipinski definition) is 3. The van der Waals surface area contributed by atoms with Gasteiger partial charge in [-0.2, -0.15) is 0 Å². The highest BCUT2D eigenvalue weighted by Gasteiger charge is 2.17. The zero-order chi connectivity index (χ0) is 15.3. The zero-order valence-corrected chi connectivity index (χ0v) is 14.9. The van der Waals surface area contributed by atoms with Crippen molar-refractivity contribution >= 4 is 41.9 Å². The van der Waals surface area contributed by atoms with E-state index in [0.29, 0.717) is 10.2 Å². The molecule has 0 spiro atoms. The Morgan fingerprint density at radius 2 is 1.76 bits per heavy atom. The van der Waals surface area contributed by atoms with Gasteiger partial charge in [-0.3, -0.25) is 0 Å². The molecule has 0 unspecified atom stereocenters. The second-order valence-corrected chi connectivity index (χ2v) is 7.64. The molecule has 0 radical (unpaired) electrons. The van der Waals surface area contributed by atoms with Crippen LogP contribution in [0.25, 0.3) is 0 Å². The SMILES string of the molecule is O=S(=O)(NCCOc1ccccc1)c1ccc(Br)cc1Br. The highest BCUT2D eigenvalue weighted by atomic mass is 79.9. The van der Waals surface area contributed by atoms with E-state index >= 15 is 0 Å². The highest BCUT2D eigenvalue weighted by Crippen LogP contribution is 2.25. The summed E-state index contributed by atoms with van der Waals surface area (Å²) < 4.78 is 33.6. The molecule has 0 atom stereocenters. The molecule has 0 fully saturated rings. The summed E-state index contributed by atoms with van der Waals surface area (Å²) in [6, 6.07) is 14.2. The van der Waals surface area contributed by atoms with Gasteiger partial charge in [0.15, 0.2) is 0 Å². The van der Waals surface area contributed by atoms with Crippen LogP contribution in [0, 0.1) is 0 Å². The summed E-state index contributed by atoms with van der Waals surface area (Å²) in [7, 11) is -3.56. The minimum absolute atomic E-state index is 0.194. The molecule has 112 valence electrons. The first-order chi connectivity index (χ1) is 9.99. The van der Waals surface area contributed by atoms with Crippen LogP contribution in [-0.4, -0.2) is 21.6 Å². The third kappa shape index (κ3) is 4.81. The van der Waals surface area contributed by atoms with E-state index in [1.165, 1.54) is 6.07 Å². The van der Waals surface area contributed by atoms with E-state index in [1.807, 2.05) is 30.3 Å². The molecule has 0 saturated heterocycles. The second-order valence-electron chi connectivity index (χ2n) is 4.13. The zero-order valence-electron chi connectivity index (χ0n) is 10.9. The molecule has 0 bridgehead atoms.